The second-order valence-electron chi connectivity index (χ2n) is 12.2. The number of aliphatic hydroxyl groups is 6. The predicted molar refractivity (Wildman–Crippen MR) is 171 cm³/mol. The topological polar surface area (TPSA) is 219 Å². The number of carbonyl (C=O) groups excluding carboxylic acids is 2. The van der Waals surface area contributed by atoms with Gasteiger partial charge in [0.2, 0.25) is 11.8 Å². The number of hydrogen-bond acceptors (Lipinski definition) is 13. The van der Waals surface area contributed by atoms with E-state index >= 15 is 0 Å². The van der Waals surface area contributed by atoms with Crippen LogP contribution in [0.4, 0.5) is 0 Å². The lowest BCUT2D eigenvalue weighted by Crippen LogP contribution is -2.60. The number of halogens is 1. The standard InChI is InChI=1S/C11H21NO4S.C10H19NO4.C8H16ClNO3/c1-6-8(5-13)16-7(2)10(11(6)15)12-9(14)3-4-17;1-5-8(4-12)15-6(2)9(10(5)14)11-7(3)13;1-4-6(3-11)13-5(2)7(10-9)8(4)12/h6-8,10-11,13,15,17H,3-5H2,1-2H3,(H,12,14);5-6,8-10,12,14H,4H2,1-3H3,(H,11,13);4-8,10-12H,3H2,1-2H3/t6-,7+,8-,10+,11-;5-,6+,8-,9+,10-;4-,5+,6-,7+,8-/m111/s1. The SMILES string of the molecule is CC(=O)N[C@@H]1[C@H](O)[C@H](C)[C@@H](CO)O[C@H]1C.C[C@H]1[C@@H](O)[C@@H](NC(=O)CCS)[C@H](C)O[C@@H]1CO.C[C@H]1[C@@H](O)[C@@H](NCl)[C@H](C)O[C@@H]1CO. The van der Waals surface area contributed by atoms with Crippen LogP contribution in [0.3, 0.4) is 0 Å². The number of ether oxygens (including phenoxy) is 3. The fourth-order valence-corrected chi connectivity index (χ4v) is 6.22. The zero-order valence-corrected chi connectivity index (χ0v) is 28.9. The summed E-state index contributed by atoms with van der Waals surface area (Å²) in [7, 11) is 0. The lowest BCUT2D eigenvalue weighted by Gasteiger charge is -2.42. The molecule has 3 rings (SSSR count). The molecule has 0 saturated carbocycles. The first-order valence-corrected chi connectivity index (χ1v) is 16.5. The molecule has 0 spiro atoms. The van der Waals surface area contributed by atoms with Crippen LogP contribution >= 0.6 is 24.4 Å². The van der Waals surface area contributed by atoms with E-state index in [1.807, 2.05) is 13.8 Å². The summed E-state index contributed by atoms with van der Waals surface area (Å²) in [5.41, 5.74) is 0. The Labute approximate surface area is 277 Å². The second kappa shape index (κ2) is 20.5. The molecule has 3 heterocycles. The summed E-state index contributed by atoms with van der Waals surface area (Å²) >= 11 is 9.46. The number of carbonyl (C=O) groups is 2. The average Bonchev–Trinajstić information content (AvgIpc) is 3.00. The first-order valence-electron chi connectivity index (χ1n) is 15.5. The van der Waals surface area contributed by atoms with Crippen LogP contribution in [0.1, 0.15) is 54.9 Å². The molecule has 266 valence electrons. The Bertz CT molecular complexity index is 883. The Morgan fingerprint density at radius 1 is 0.667 bits per heavy atom. The van der Waals surface area contributed by atoms with Gasteiger partial charge in [0.15, 0.2) is 0 Å². The molecular weight excluding hydrogens is 634 g/mol. The minimum atomic E-state index is -0.709. The normalized spacial score (nSPS) is 41.4. The van der Waals surface area contributed by atoms with Gasteiger partial charge in [0.1, 0.15) is 0 Å². The van der Waals surface area contributed by atoms with E-state index in [2.05, 4.69) is 28.1 Å². The summed E-state index contributed by atoms with van der Waals surface area (Å²) in [6.07, 6.45) is -3.51. The third kappa shape index (κ3) is 12.0. The Morgan fingerprint density at radius 3 is 1.31 bits per heavy atom. The minimum Gasteiger partial charge on any atom is -0.394 e. The fourth-order valence-electron chi connectivity index (χ4n) is 5.71. The van der Waals surface area contributed by atoms with Gasteiger partial charge in [-0.25, -0.2) is 4.84 Å². The largest absolute Gasteiger partial charge is 0.394 e. The van der Waals surface area contributed by atoms with Gasteiger partial charge in [0.05, 0.1) is 92.9 Å². The van der Waals surface area contributed by atoms with Crippen LogP contribution in [0.25, 0.3) is 0 Å². The first-order chi connectivity index (χ1) is 21.1. The molecule has 0 aromatic heterocycles. The van der Waals surface area contributed by atoms with Crippen LogP contribution in [0.15, 0.2) is 0 Å². The van der Waals surface area contributed by atoms with Gasteiger partial charge in [0, 0.05) is 31.1 Å². The molecule has 14 nitrogen and oxygen atoms in total. The van der Waals surface area contributed by atoms with E-state index in [4.69, 9.17) is 41.3 Å². The van der Waals surface area contributed by atoms with E-state index in [1.165, 1.54) is 6.92 Å². The molecule has 15 atom stereocenters. The molecule has 3 aliphatic rings. The molecule has 3 aliphatic heterocycles. The van der Waals surface area contributed by atoms with E-state index in [-0.39, 0.29) is 92.1 Å². The predicted octanol–water partition coefficient (Wildman–Crippen LogP) is -1.29. The van der Waals surface area contributed by atoms with Crippen LogP contribution in [0.5, 0.6) is 0 Å². The molecule has 2 amide bonds. The number of nitrogens with one attached hydrogen (secondary N) is 3. The molecule has 3 saturated heterocycles. The maximum Gasteiger partial charge on any atom is 0.221 e. The Kier molecular flexibility index (Phi) is 19.2. The molecule has 0 unspecified atom stereocenters. The first kappa shape index (κ1) is 42.2. The van der Waals surface area contributed by atoms with Crippen molar-refractivity contribution < 1.29 is 54.4 Å². The number of amides is 2. The second-order valence-corrected chi connectivity index (χ2v) is 12.8. The van der Waals surface area contributed by atoms with Crippen molar-refractivity contribution >= 4 is 36.2 Å². The van der Waals surface area contributed by atoms with Crippen LogP contribution in [0, 0.1) is 17.8 Å². The molecule has 0 aliphatic carbocycles. The molecule has 16 heteroatoms. The third-order valence-corrected chi connectivity index (χ3v) is 9.34. The zero-order chi connectivity index (χ0) is 34.6. The van der Waals surface area contributed by atoms with Gasteiger partial charge in [-0.1, -0.05) is 20.8 Å². The van der Waals surface area contributed by atoms with Gasteiger partial charge in [-0.3, -0.25) is 9.59 Å². The summed E-state index contributed by atoms with van der Waals surface area (Å²) in [5.74, 6) is -0.380. The number of hydrogen-bond donors (Lipinski definition) is 10. The van der Waals surface area contributed by atoms with Crippen molar-refractivity contribution in [3.8, 4) is 0 Å². The average molecular weight is 690 g/mol. The molecule has 0 radical (unpaired) electrons. The minimum absolute atomic E-state index is 0.0719. The molecule has 3 fully saturated rings. The fraction of sp³-hybridized carbons (Fsp3) is 0.931. The maximum atomic E-state index is 11.5. The highest BCUT2D eigenvalue weighted by Gasteiger charge is 2.43. The van der Waals surface area contributed by atoms with E-state index in [0.29, 0.717) is 12.2 Å². The van der Waals surface area contributed by atoms with Gasteiger partial charge < -0.3 is 55.5 Å². The Balaban J connectivity index is 0.000000341. The molecule has 9 N–H and O–H groups in total. The summed E-state index contributed by atoms with van der Waals surface area (Å²) in [4.78, 5) is 24.9. The molecule has 45 heavy (non-hydrogen) atoms. The number of thiol groups is 1. The van der Waals surface area contributed by atoms with E-state index in [1.54, 1.807) is 27.7 Å². The van der Waals surface area contributed by atoms with E-state index in [9.17, 15) is 24.9 Å². The van der Waals surface area contributed by atoms with Crippen molar-refractivity contribution in [2.24, 2.45) is 17.8 Å². The molecular formula is C29H56ClN3O11S. The summed E-state index contributed by atoms with van der Waals surface area (Å²) in [5, 5.41) is 62.4. The monoisotopic (exact) mass is 689 g/mol. The lowest BCUT2D eigenvalue weighted by atomic mass is 9.87. The van der Waals surface area contributed by atoms with Gasteiger partial charge in [-0.15, -0.1) is 0 Å². The van der Waals surface area contributed by atoms with Crippen molar-refractivity contribution in [2.45, 2.75) is 128 Å². The van der Waals surface area contributed by atoms with Gasteiger partial charge >= 0.3 is 0 Å². The van der Waals surface area contributed by atoms with Crippen LogP contribution < -0.4 is 15.5 Å². The van der Waals surface area contributed by atoms with Gasteiger partial charge in [-0.2, -0.15) is 12.6 Å². The van der Waals surface area contributed by atoms with E-state index < -0.39 is 30.4 Å². The highest BCUT2D eigenvalue weighted by atomic mass is 35.5. The molecule has 0 aromatic rings. The van der Waals surface area contributed by atoms with Crippen molar-refractivity contribution in [1.82, 2.24) is 15.5 Å². The lowest BCUT2D eigenvalue weighted by molar-refractivity contribution is -0.161. The summed E-state index contributed by atoms with van der Waals surface area (Å²) < 4.78 is 16.5. The van der Waals surface area contributed by atoms with Crippen molar-refractivity contribution in [2.75, 3.05) is 25.6 Å². The van der Waals surface area contributed by atoms with Crippen LogP contribution in [0.2, 0.25) is 0 Å². The van der Waals surface area contributed by atoms with Crippen LogP contribution in [-0.4, -0.2) is 141 Å². The zero-order valence-electron chi connectivity index (χ0n) is 27.2. The summed E-state index contributed by atoms with van der Waals surface area (Å²) in [6.45, 7) is 11.9. The highest BCUT2D eigenvalue weighted by molar-refractivity contribution is 7.80. The quantitative estimate of drug-likeness (QED) is 0.106. The highest BCUT2D eigenvalue weighted by Crippen LogP contribution is 2.27. The van der Waals surface area contributed by atoms with Crippen molar-refractivity contribution in [1.29, 1.82) is 0 Å². The van der Waals surface area contributed by atoms with Crippen molar-refractivity contribution in [3.05, 3.63) is 0 Å². The Hall–Kier alpha value is -0.820. The molecule has 0 aromatic carbocycles. The Morgan fingerprint density at radius 2 is 1.00 bits per heavy atom. The molecule has 0 bridgehead atoms. The van der Waals surface area contributed by atoms with Gasteiger partial charge in [-0.05, 0) is 38.3 Å². The van der Waals surface area contributed by atoms with E-state index in [0.717, 1.165) is 0 Å². The number of aliphatic hydroxyl groups excluding tert-OH is 6. The summed E-state index contributed by atoms with van der Waals surface area (Å²) in [6, 6.07) is -1.11. The smallest absolute Gasteiger partial charge is 0.221 e. The van der Waals surface area contributed by atoms with Crippen LogP contribution in [-0.2, 0) is 23.8 Å². The van der Waals surface area contributed by atoms with Crippen molar-refractivity contribution in [3.63, 3.8) is 0 Å². The number of rotatable bonds is 8. The third-order valence-electron chi connectivity index (χ3n) is 8.87. The maximum absolute atomic E-state index is 11.5. The van der Waals surface area contributed by atoms with Gasteiger partial charge in [0.25, 0.3) is 0 Å².